The fourth-order valence-corrected chi connectivity index (χ4v) is 14.5. The van der Waals surface area contributed by atoms with Crippen molar-refractivity contribution in [3.63, 3.8) is 0 Å². The second-order valence-corrected chi connectivity index (χ2v) is 25.5. The molecule has 8 bridgehead atoms. The number of carbonyl (C=O) groups excluding carboxylic acids is 7. The first-order valence-electron chi connectivity index (χ1n) is 31.4. The van der Waals surface area contributed by atoms with Crippen LogP contribution < -0.4 is 20.1 Å². The van der Waals surface area contributed by atoms with E-state index >= 15 is 4.79 Å². The molecule has 24 heteroatoms. The Morgan fingerprint density at radius 3 is 1.64 bits per heavy atom. The Balaban J connectivity index is 1.50. The van der Waals surface area contributed by atoms with E-state index in [0.29, 0.717) is 109 Å². The van der Waals surface area contributed by atoms with Gasteiger partial charge in [-0.15, -0.1) is 0 Å². The highest BCUT2D eigenvalue weighted by atomic mass is 16.6. The molecule has 2 N–H and O–H groups in total. The summed E-state index contributed by atoms with van der Waals surface area (Å²) in [6, 6.07) is 4.16. The van der Waals surface area contributed by atoms with Gasteiger partial charge in [0.15, 0.2) is 11.5 Å². The van der Waals surface area contributed by atoms with Gasteiger partial charge in [-0.25, -0.2) is 0 Å². The molecule has 1 fully saturated rings. The number of fused-ring (bicyclic) bond motifs is 7. The van der Waals surface area contributed by atoms with Crippen LogP contribution in [-0.4, -0.2) is 179 Å². The van der Waals surface area contributed by atoms with Crippen molar-refractivity contribution < 1.29 is 90.4 Å². The largest absolute Gasteiger partial charge is 0.487 e. The molecule has 24 nitrogen and oxygen atoms in total. The number of esters is 6. The van der Waals surface area contributed by atoms with Gasteiger partial charge in [-0.1, -0.05) is 34.6 Å². The normalized spacial score (nSPS) is 29.2. The number of anilines is 1. The van der Waals surface area contributed by atoms with Crippen LogP contribution in [0.15, 0.2) is 67.5 Å². The maximum Gasteiger partial charge on any atom is 0.306 e. The Morgan fingerprint density at radius 1 is 0.582 bits per heavy atom. The molecule has 6 aliphatic rings. The third-order valence-corrected chi connectivity index (χ3v) is 19.9. The average molecular weight is 1270 g/mol. The molecule has 0 radical (unpaired) electrons. The molecule has 0 aromatic heterocycles. The van der Waals surface area contributed by atoms with E-state index in [1.165, 1.54) is 42.7 Å². The molecular formula is C67H95N5O19. The number of nitrogens with zero attached hydrogens (tertiary/aromatic N) is 3. The van der Waals surface area contributed by atoms with Gasteiger partial charge in [-0.05, 0) is 75.8 Å². The maximum absolute atomic E-state index is 15.3. The summed E-state index contributed by atoms with van der Waals surface area (Å²) in [5.41, 5.74) is -0.734. The van der Waals surface area contributed by atoms with E-state index in [2.05, 4.69) is 24.5 Å². The van der Waals surface area contributed by atoms with Gasteiger partial charge in [0, 0.05) is 123 Å². The van der Waals surface area contributed by atoms with Crippen LogP contribution in [0, 0.1) is 45.3 Å². The number of methoxy groups -OCH3 is 6. The van der Waals surface area contributed by atoms with E-state index in [-0.39, 0.29) is 90.6 Å². The molecule has 1 aromatic rings. The van der Waals surface area contributed by atoms with Crippen molar-refractivity contribution in [1.82, 2.24) is 5.32 Å². The molecule has 0 saturated carbocycles. The smallest absolute Gasteiger partial charge is 0.306 e. The Bertz CT molecular complexity index is 3070. The number of nitrogens with one attached hydrogen (secondary N) is 2. The van der Waals surface area contributed by atoms with Crippen molar-refractivity contribution in [3.05, 3.63) is 52.5 Å². The molecule has 6 heterocycles. The number of rotatable bonds is 19. The summed E-state index contributed by atoms with van der Waals surface area (Å²) in [5, 5.41) is 6.97. The van der Waals surface area contributed by atoms with Gasteiger partial charge in [0.2, 0.25) is 5.91 Å². The standard InChI is InChI=1S/C67H95N5O19/c1-40-58-44(17-21-53(75)81-10)63(3,4)50(70-58)37-47-43(16-20-52(74)80-9)65(6,38-51(73)68-42-15-19-48-49(35-42)91-34-32-89-30-28-87-26-25-86-27-29-88-31-33-90-48)61(69-47)41(2)59-45(18-22-54(76)82-11)66(7,39-57(79)85-14)67(8,72-59)62-46(36-56(78)84-13)64(5,60(40)71-62)24-23-55(77)83-12/h15,19,35,37,43-46,62,69H,16-18,20-34,36,38-39H2,1-14H3,(H,68,73)/b47-37?,58-40?,61-41-/t43-,44-,45-,46+,62?,64-,65+,66+,67+/m1/s1. The van der Waals surface area contributed by atoms with Crippen molar-refractivity contribution >= 4 is 64.5 Å². The second-order valence-electron chi connectivity index (χ2n) is 25.5. The fourth-order valence-electron chi connectivity index (χ4n) is 14.5. The zero-order valence-electron chi connectivity index (χ0n) is 55.6. The van der Waals surface area contributed by atoms with E-state index in [1.54, 1.807) is 18.2 Å². The predicted octanol–water partition coefficient (Wildman–Crippen LogP) is 7.84. The third kappa shape index (κ3) is 15.7. The predicted molar refractivity (Wildman–Crippen MR) is 335 cm³/mol. The Labute approximate surface area is 534 Å². The van der Waals surface area contributed by atoms with Crippen LogP contribution in [-0.2, 0) is 80.9 Å². The van der Waals surface area contributed by atoms with Crippen molar-refractivity contribution in [2.24, 2.45) is 60.3 Å². The topological polar surface area (TPSA) is 291 Å². The molecule has 6 aliphatic heterocycles. The van der Waals surface area contributed by atoms with E-state index in [1.807, 2.05) is 47.6 Å². The van der Waals surface area contributed by atoms with Gasteiger partial charge in [0.1, 0.15) is 13.2 Å². The highest BCUT2D eigenvalue weighted by molar-refractivity contribution is 6.10. The van der Waals surface area contributed by atoms with Gasteiger partial charge in [-0.2, -0.15) is 0 Å². The molecule has 7 rings (SSSR count). The van der Waals surface area contributed by atoms with Crippen molar-refractivity contribution in [2.45, 2.75) is 138 Å². The summed E-state index contributed by atoms with van der Waals surface area (Å²) in [4.78, 5) is 114. The van der Waals surface area contributed by atoms with E-state index < -0.39 is 98.6 Å². The number of carbonyl (C=O) groups is 7. The third-order valence-electron chi connectivity index (χ3n) is 19.9. The van der Waals surface area contributed by atoms with E-state index in [4.69, 9.17) is 71.8 Å². The van der Waals surface area contributed by atoms with E-state index in [0.717, 1.165) is 0 Å². The zero-order valence-corrected chi connectivity index (χ0v) is 55.6. The van der Waals surface area contributed by atoms with Crippen LogP contribution in [0.2, 0.25) is 0 Å². The number of aliphatic imine (C=N–C) groups is 3. The molecule has 1 saturated heterocycles. The Hall–Kier alpha value is -7.02. The average Bonchev–Trinajstić information content (AvgIpc) is 1.54. The number of allylic oxidation sites excluding steroid dienone is 6. The first kappa shape index (κ1) is 71.4. The summed E-state index contributed by atoms with van der Waals surface area (Å²) in [6.45, 7) is 18.9. The van der Waals surface area contributed by atoms with Crippen LogP contribution in [0.5, 0.6) is 11.5 Å². The minimum absolute atomic E-state index is 0.0346. The minimum atomic E-state index is -1.44. The van der Waals surface area contributed by atoms with Crippen LogP contribution >= 0.6 is 0 Å². The number of benzene rings is 1. The number of amides is 1. The fraction of sp³-hybridized carbons (Fsp3) is 0.672. The van der Waals surface area contributed by atoms with Crippen LogP contribution in [0.25, 0.3) is 0 Å². The molecule has 9 atom stereocenters. The minimum Gasteiger partial charge on any atom is -0.487 e. The molecular weight excluding hydrogens is 1180 g/mol. The Kier molecular flexibility index (Phi) is 24.4. The van der Waals surface area contributed by atoms with Crippen LogP contribution in [0.1, 0.15) is 126 Å². The zero-order chi connectivity index (χ0) is 66.5. The summed E-state index contributed by atoms with van der Waals surface area (Å²) in [7, 11) is 7.89. The summed E-state index contributed by atoms with van der Waals surface area (Å²) < 4.78 is 67.1. The number of hydrogen-bond donors (Lipinski definition) is 2. The molecule has 1 aromatic carbocycles. The first-order chi connectivity index (χ1) is 43.3. The van der Waals surface area contributed by atoms with Gasteiger partial charge in [0.25, 0.3) is 0 Å². The maximum atomic E-state index is 15.3. The summed E-state index contributed by atoms with van der Waals surface area (Å²) >= 11 is 0. The van der Waals surface area contributed by atoms with Gasteiger partial charge < -0.3 is 67.5 Å². The highest BCUT2D eigenvalue weighted by Crippen LogP contribution is 2.63. The molecule has 0 spiro atoms. The quantitative estimate of drug-likeness (QED) is 0.0984. The Morgan fingerprint density at radius 2 is 1.09 bits per heavy atom. The first-order valence-corrected chi connectivity index (χ1v) is 31.4. The van der Waals surface area contributed by atoms with Gasteiger partial charge >= 0.3 is 35.8 Å². The lowest BCUT2D eigenvalue weighted by Crippen LogP contribution is -2.55. The SMILES string of the molecule is COC(=O)CC[C@@H]1C2=C(C)C3=NC([C@H](CC(=O)OC)[C@@]3(C)CCC(=O)OC)[C@]3(C)N=C(/C(C)=C4\NC(=CC(=N2)C1(C)C)[C@@H](CCC(=O)OC)[C@]4(C)CC(=O)Nc1ccc2c(c1)OCCOCCOCCOCCOCCO2)[C@@H](CCC(=O)OC)[C@]3(C)CC(=O)OC. The van der Waals surface area contributed by atoms with Crippen molar-refractivity contribution in [3.8, 4) is 11.5 Å². The summed E-state index contributed by atoms with van der Waals surface area (Å²) in [6.07, 6.45) is 1.96. The highest BCUT2D eigenvalue weighted by Gasteiger charge is 2.67. The summed E-state index contributed by atoms with van der Waals surface area (Å²) in [5.74, 6) is -5.22. The van der Waals surface area contributed by atoms with Crippen LogP contribution in [0.3, 0.4) is 0 Å². The second kappa shape index (κ2) is 31.1. The van der Waals surface area contributed by atoms with Crippen molar-refractivity contribution in [2.75, 3.05) is 114 Å². The molecule has 91 heavy (non-hydrogen) atoms. The lowest BCUT2D eigenvalue weighted by atomic mass is 9.55. The molecule has 1 amide bonds. The monoisotopic (exact) mass is 1270 g/mol. The number of hydrogen-bond acceptors (Lipinski definition) is 23. The number of ether oxygens (including phenoxy) is 12. The van der Waals surface area contributed by atoms with Gasteiger partial charge in [0.05, 0.1) is 120 Å². The van der Waals surface area contributed by atoms with Gasteiger partial charge in [-0.3, -0.25) is 48.5 Å². The van der Waals surface area contributed by atoms with E-state index in [9.17, 15) is 28.8 Å². The van der Waals surface area contributed by atoms with Crippen molar-refractivity contribution in [1.29, 1.82) is 0 Å². The molecule has 502 valence electrons. The van der Waals surface area contributed by atoms with Crippen LogP contribution in [0.4, 0.5) is 5.69 Å². The lowest BCUT2D eigenvalue weighted by Gasteiger charge is -2.48. The lowest BCUT2D eigenvalue weighted by molar-refractivity contribution is -0.147. The molecule has 0 aliphatic carbocycles. The molecule has 1 unspecified atom stereocenters.